The molecule has 0 spiro atoms. The van der Waals surface area contributed by atoms with Gasteiger partial charge in [-0.05, 0) is 68.1 Å². The van der Waals surface area contributed by atoms with Crippen LogP contribution in [0.25, 0.3) is 22.3 Å². The number of rotatable bonds is 14. The SMILES string of the molecule is CC=CCCC1CCC(c2ccc(-c3ccc(-c4ccc(CCCCCCCCC)c(F)c4F)cc3)c(F)c2F)OC1. The van der Waals surface area contributed by atoms with E-state index in [0.717, 1.165) is 38.5 Å². The quantitative estimate of drug-likeness (QED) is 0.105. The maximum Gasteiger partial charge on any atom is 0.167 e. The van der Waals surface area contributed by atoms with E-state index in [-0.39, 0.29) is 16.7 Å². The topological polar surface area (TPSA) is 9.23 Å². The highest BCUT2D eigenvalue weighted by Crippen LogP contribution is 2.37. The fraction of sp³-hybridized carbons (Fsp3) is 0.459. The van der Waals surface area contributed by atoms with Crippen molar-refractivity contribution in [1.82, 2.24) is 0 Å². The Hall–Kier alpha value is -2.92. The van der Waals surface area contributed by atoms with Crippen LogP contribution in [0.2, 0.25) is 0 Å². The van der Waals surface area contributed by atoms with Gasteiger partial charge in [-0.15, -0.1) is 0 Å². The number of halogens is 4. The second-order valence-electron chi connectivity index (χ2n) is 11.6. The van der Waals surface area contributed by atoms with Crippen LogP contribution < -0.4 is 0 Å². The van der Waals surface area contributed by atoms with Gasteiger partial charge in [0.25, 0.3) is 0 Å². The molecule has 42 heavy (non-hydrogen) atoms. The molecule has 1 saturated heterocycles. The molecule has 0 N–H and O–H groups in total. The van der Waals surface area contributed by atoms with Crippen molar-refractivity contribution < 1.29 is 22.3 Å². The molecule has 0 saturated carbocycles. The maximum atomic E-state index is 15.2. The lowest BCUT2D eigenvalue weighted by Gasteiger charge is -2.29. The van der Waals surface area contributed by atoms with Crippen molar-refractivity contribution in [3.05, 3.63) is 95.1 Å². The number of allylic oxidation sites excluding steroid dienone is 2. The minimum absolute atomic E-state index is 0.125. The lowest BCUT2D eigenvalue weighted by atomic mass is 9.90. The molecule has 4 rings (SSSR count). The van der Waals surface area contributed by atoms with Crippen molar-refractivity contribution in [2.75, 3.05) is 6.61 Å². The summed E-state index contributed by atoms with van der Waals surface area (Å²) >= 11 is 0. The van der Waals surface area contributed by atoms with E-state index in [1.165, 1.54) is 25.7 Å². The van der Waals surface area contributed by atoms with Crippen molar-refractivity contribution in [3.63, 3.8) is 0 Å². The van der Waals surface area contributed by atoms with E-state index < -0.39 is 29.4 Å². The molecule has 1 aliphatic heterocycles. The third-order valence-electron chi connectivity index (χ3n) is 8.53. The predicted octanol–water partition coefficient (Wildman–Crippen LogP) is 11.7. The highest BCUT2D eigenvalue weighted by molar-refractivity contribution is 5.71. The predicted molar refractivity (Wildman–Crippen MR) is 164 cm³/mol. The molecule has 226 valence electrons. The number of aryl methyl sites for hydroxylation is 1. The van der Waals surface area contributed by atoms with Crippen LogP contribution in [0.5, 0.6) is 0 Å². The summed E-state index contributed by atoms with van der Waals surface area (Å²) in [5.74, 6) is -3.06. The van der Waals surface area contributed by atoms with E-state index in [4.69, 9.17) is 4.74 Å². The van der Waals surface area contributed by atoms with Gasteiger partial charge in [0.1, 0.15) is 0 Å². The van der Waals surface area contributed by atoms with E-state index in [1.54, 1.807) is 48.5 Å². The molecule has 1 fully saturated rings. The lowest BCUT2D eigenvalue weighted by molar-refractivity contribution is -0.0210. The number of hydrogen-bond donors (Lipinski definition) is 0. The second kappa shape index (κ2) is 16.1. The Morgan fingerprint density at radius 3 is 1.95 bits per heavy atom. The first-order valence-electron chi connectivity index (χ1n) is 15.7. The molecule has 0 radical (unpaired) electrons. The standard InChI is InChI=1S/C37H44F4O/c1-3-5-7-8-9-10-12-14-29-20-21-30(35(39)34(29)38)27-16-18-28(19-17-27)31-22-23-32(37(41)36(31)40)33-24-15-26(25-42-33)13-11-6-4-2/h4,6,16-23,26,33H,3,5,7-15,24-25H2,1-2H3. The van der Waals surface area contributed by atoms with Gasteiger partial charge in [-0.3, -0.25) is 0 Å². The molecule has 0 bridgehead atoms. The van der Waals surface area contributed by atoms with E-state index in [9.17, 15) is 4.39 Å². The van der Waals surface area contributed by atoms with E-state index in [2.05, 4.69) is 13.0 Å². The summed E-state index contributed by atoms with van der Waals surface area (Å²) in [5.41, 5.74) is 1.86. The number of unbranched alkanes of at least 4 members (excludes halogenated alkanes) is 6. The van der Waals surface area contributed by atoms with Crippen LogP contribution in [0.1, 0.15) is 102 Å². The van der Waals surface area contributed by atoms with Crippen LogP contribution in [0.4, 0.5) is 17.6 Å². The van der Waals surface area contributed by atoms with Gasteiger partial charge in [-0.25, -0.2) is 17.6 Å². The molecule has 1 heterocycles. The summed E-state index contributed by atoms with van der Waals surface area (Å²) in [4.78, 5) is 0. The average molecular weight is 581 g/mol. The molecule has 2 atom stereocenters. The van der Waals surface area contributed by atoms with Gasteiger partial charge < -0.3 is 4.74 Å². The highest BCUT2D eigenvalue weighted by Gasteiger charge is 2.27. The van der Waals surface area contributed by atoms with Gasteiger partial charge in [0.15, 0.2) is 23.3 Å². The third kappa shape index (κ3) is 8.12. The van der Waals surface area contributed by atoms with Gasteiger partial charge >= 0.3 is 0 Å². The normalized spacial score (nSPS) is 17.3. The van der Waals surface area contributed by atoms with Crippen LogP contribution in [0.3, 0.4) is 0 Å². The second-order valence-corrected chi connectivity index (χ2v) is 11.6. The van der Waals surface area contributed by atoms with Crippen molar-refractivity contribution in [3.8, 4) is 22.3 Å². The van der Waals surface area contributed by atoms with Crippen LogP contribution in [0, 0.1) is 29.2 Å². The summed E-state index contributed by atoms with van der Waals surface area (Å²) in [6.45, 7) is 4.73. The fourth-order valence-corrected chi connectivity index (χ4v) is 5.92. The van der Waals surface area contributed by atoms with Crippen LogP contribution in [-0.2, 0) is 11.2 Å². The smallest absolute Gasteiger partial charge is 0.167 e. The van der Waals surface area contributed by atoms with Crippen LogP contribution in [-0.4, -0.2) is 6.61 Å². The van der Waals surface area contributed by atoms with Gasteiger partial charge in [0.2, 0.25) is 0 Å². The van der Waals surface area contributed by atoms with Crippen LogP contribution in [0.15, 0.2) is 60.7 Å². The summed E-state index contributed by atoms with van der Waals surface area (Å²) in [6.07, 6.45) is 15.7. The Morgan fingerprint density at radius 1 is 0.714 bits per heavy atom. The third-order valence-corrected chi connectivity index (χ3v) is 8.53. The summed E-state index contributed by atoms with van der Waals surface area (Å²) in [5, 5.41) is 0. The first-order chi connectivity index (χ1) is 20.4. The summed E-state index contributed by atoms with van der Waals surface area (Å²) in [7, 11) is 0. The number of ether oxygens (including phenoxy) is 1. The average Bonchev–Trinajstić information content (AvgIpc) is 3.01. The van der Waals surface area contributed by atoms with Crippen molar-refractivity contribution in [2.45, 2.75) is 97.0 Å². The van der Waals surface area contributed by atoms with E-state index in [1.807, 2.05) is 13.0 Å². The monoisotopic (exact) mass is 580 g/mol. The number of benzene rings is 3. The molecule has 5 heteroatoms. The Labute approximate surface area is 249 Å². The largest absolute Gasteiger partial charge is 0.373 e. The Morgan fingerprint density at radius 2 is 1.33 bits per heavy atom. The summed E-state index contributed by atoms with van der Waals surface area (Å²) < 4.78 is 66.2. The van der Waals surface area contributed by atoms with Gasteiger partial charge in [-0.2, -0.15) is 0 Å². The zero-order chi connectivity index (χ0) is 29.9. The lowest BCUT2D eigenvalue weighted by Crippen LogP contribution is -2.21. The molecule has 0 amide bonds. The Bertz CT molecular complexity index is 1310. The van der Waals surface area contributed by atoms with E-state index in [0.29, 0.717) is 42.1 Å². The zero-order valence-corrected chi connectivity index (χ0v) is 25.0. The van der Waals surface area contributed by atoms with Crippen molar-refractivity contribution in [2.24, 2.45) is 5.92 Å². The van der Waals surface area contributed by atoms with E-state index >= 15 is 13.2 Å². The van der Waals surface area contributed by atoms with Crippen LogP contribution >= 0.6 is 0 Å². The van der Waals surface area contributed by atoms with Gasteiger partial charge in [0.05, 0.1) is 12.7 Å². The zero-order valence-electron chi connectivity index (χ0n) is 25.0. The molecule has 3 aromatic rings. The molecule has 2 unspecified atom stereocenters. The molecule has 1 nitrogen and oxygen atoms in total. The molecular weight excluding hydrogens is 536 g/mol. The van der Waals surface area contributed by atoms with Crippen molar-refractivity contribution in [1.29, 1.82) is 0 Å². The molecule has 3 aromatic carbocycles. The van der Waals surface area contributed by atoms with Gasteiger partial charge in [0, 0.05) is 16.7 Å². The first-order valence-corrected chi connectivity index (χ1v) is 15.7. The molecular formula is C37H44F4O. The Balaban J connectivity index is 1.39. The highest BCUT2D eigenvalue weighted by atomic mass is 19.2. The summed E-state index contributed by atoms with van der Waals surface area (Å²) in [6, 6.07) is 12.9. The molecule has 0 aromatic heterocycles. The Kier molecular flexibility index (Phi) is 12.2. The maximum absolute atomic E-state index is 15.2. The van der Waals surface area contributed by atoms with Gasteiger partial charge in [-0.1, -0.05) is 106 Å². The van der Waals surface area contributed by atoms with Crippen molar-refractivity contribution >= 4 is 0 Å². The minimum atomic E-state index is -0.925. The first kappa shape index (κ1) is 32.0. The molecule has 1 aliphatic rings. The molecule has 0 aliphatic carbocycles. The number of hydrogen-bond acceptors (Lipinski definition) is 1. The fourth-order valence-electron chi connectivity index (χ4n) is 5.92. The minimum Gasteiger partial charge on any atom is -0.373 e.